The summed E-state index contributed by atoms with van der Waals surface area (Å²) in [6, 6.07) is 0. The average molecular weight is 146 g/mol. The van der Waals surface area contributed by atoms with Gasteiger partial charge in [-0.3, -0.25) is 0 Å². The van der Waals surface area contributed by atoms with E-state index in [0.717, 1.165) is 0 Å². The molecule has 7 heavy (non-hydrogen) atoms. The summed E-state index contributed by atoms with van der Waals surface area (Å²) in [5.74, 6) is -1.21. The van der Waals surface area contributed by atoms with Gasteiger partial charge in [-0.15, -0.1) is 0 Å². The molecule has 0 heterocycles. The second kappa shape index (κ2) is 4.18. The number of aliphatic carboxylic acids is 1. The molecule has 4 N–H and O–H groups in total. The molecule has 0 saturated carbocycles. The zero-order chi connectivity index (χ0) is 5.15. The van der Waals surface area contributed by atoms with Gasteiger partial charge in [0.2, 0.25) is 4.84 Å². The summed E-state index contributed by atoms with van der Waals surface area (Å²) in [6.45, 7) is 0. The van der Waals surface area contributed by atoms with E-state index in [4.69, 9.17) is 28.3 Å². The number of hydrogen-bond acceptors (Lipinski definition) is 2. The normalized spacial score (nSPS) is 7.86. The Morgan fingerprint density at radius 3 is 1.71 bits per heavy atom. The van der Waals surface area contributed by atoms with E-state index >= 15 is 0 Å². The molecule has 44 valence electrons. The molecule has 0 unspecified atom stereocenters. The molecule has 0 aliphatic heterocycles. The number of hydrogen-bond donors (Lipinski definition) is 2. The Morgan fingerprint density at radius 1 is 1.57 bits per heavy atom. The van der Waals surface area contributed by atoms with Gasteiger partial charge in [-0.25, -0.2) is 4.79 Å². The lowest BCUT2D eigenvalue weighted by atomic mass is 10.8. The maximum atomic E-state index is 9.44. The molecule has 0 bridgehead atoms. The first-order valence-corrected chi connectivity index (χ1v) is 2.03. The Morgan fingerprint density at radius 2 is 1.71 bits per heavy atom. The van der Waals surface area contributed by atoms with E-state index in [-0.39, 0.29) is 6.15 Å². The first-order chi connectivity index (χ1) is 2.64. The summed E-state index contributed by atoms with van der Waals surface area (Å²) in [5.41, 5.74) is 0. The van der Waals surface area contributed by atoms with Crippen LogP contribution in [0.3, 0.4) is 0 Å². The third-order valence-electron chi connectivity index (χ3n) is 0.187. The van der Waals surface area contributed by atoms with Gasteiger partial charge in [0.05, 0.1) is 0 Å². The molecule has 0 aromatic rings. The molecule has 0 spiro atoms. The molecule has 0 rings (SSSR count). The van der Waals surface area contributed by atoms with Crippen molar-refractivity contribution in [1.82, 2.24) is 6.15 Å². The SMILES string of the molecule is N.O=C(O)C(Cl)Cl. The molecular formula is C2H5Cl2NO2. The first-order valence-electron chi connectivity index (χ1n) is 1.15. The van der Waals surface area contributed by atoms with E-state index < -0.39 is 10.8 Å². The van der Waals surface area contributed by atoms with Crippen molar-refractivity contribution in [3.05, 3.63) is 0 Å². The molecule has 0 amide bonds. The largest absolute Gasteiger partial charge is 0.479 e. The highest BCUT2D eigenvalue weighted by Gasteiger charge is 2.05. The number of halogens is 2. The van der Waals surface area contributed by atoms with Gasteiger partial charge in [-0.1, -0.05) is 23.2 Å². The quantitative estimate of drug-likeness (QED) is 0.542. The lowest BCUT2D eigenvalue weighted by molar-refractivity contribution is -0.135. The van der Waals surface area contributed by atoms with E-state index in [2.05, 4.69) is 0 Å². The number of carbonyl (C=O) groups is 1. The van der Waals surface area contributed by atoms with E-state index in [1.165, 1.54) is 0 Å². The van der Waals surface area contributed by atoms with Gasteiger partial charge < -0.3 is 11.3 Å². The number of carboxylic acids is 1. The van der Waals surface area contributed by atoms with Crippen LogP contribution in [0.2, 0.25) is 0 Å². The van der Waals surface area contributed by atoms with Gasteiger partial charge in [-0.05, 0) is 0 Å². The Bertz CT molecular complexity index is 64.7. The van der Waals surface area contributed by atoms with Crippen LogP contribution in [-0.2, 0) is 4.79 Å². The first kappa shape index (κ1) is 10.1. The molecule has 5 heteroatoms. The van der Waals surface area contributed by atoms with Gasteiger partial charge in [0.25, 0.3) is 0 Å². The maximum absolute atomic E-state index is 9.44. The van der Waals surface area contributed by atoms with Crippen molar-refractivity contribution in [3.63, 3.8) is 0 Å². The molecule has 0 saturated heterocycles. The third kappa shape index (κ3) is 6.01. The Balaban J connectivity index is 0. The second-order valence-corrected chi connectivity index (χ2v) is 1.74. The highest BCUT2D eigenvalue weighted by atomic mass is 35.5. The summed E-state index contributed by atoms with van der Waals surface area (Å²) < 4.78 is 0. The van der Waals surface area contributed by atoms with Crippen LogP contribution in [0.5, 0.6) is 0 Å². The van der Waals surface area contributed by atoms with Crippen LogP contribution < -0.4 is 6.15 Å². The lowest BCUT2D eigenvalue weighted by Gasteiger charge is -1.84. The van der Waals surface area contributed by atoms with Crippen molar-refractivity contribution in [2.24, 2.45) is 0 Å². The highest BCUT2D eigenvalue weighted by molar-refractivity contribution is 6.52. The average Bonchev–Trinajstić information content (AvgIpc) is 1.36. The summed E-state index contributed by atoms with van der Waals surface area (Å²) in [6.07, 6.45) is 0. The van der Waals surface area contributed by atoms with E-state index in [0.29, 0.717) is 0 Å². The number of carboxylic acid groups (broad SMARTS) is 1. The fourth-order valence-corrected chi connectivity index (χ4v) is 0. The fraction of sp³-hybridized carbons (Fsp3) is 0.500. The van der Waals surface area contributed by atoms with Crippen molar-refractivity contribution in [2.45, 2.75) is 4.84 Å². The molecule has 0 aromatic carbocycles. The van der Waals surface area contributed by atoms with Crippen molar-refractivity contribution in [2.75, 3.05) is 0 Å². The molecule has 0 aliphatic rings. The Kier molecular flexibility index (Phi) is 6.02. The predicted octanol–water partition coefficient (Wildman–Crippen LogP) is 1.04. The Labute approximate surface area is 50.8 Å². The van der Waals surface area contributed by atoms with Crippen LogP contribution in [0.4, 0.5) is 0 Å². The number of rotatable bonds is 1. The molecule has 0 aromatic heterocycles. The minimum absolute atomic E-state index is 0. The van der Waals surface area contributed by atoms with Crippen LogP contribution in [0.1, 0.15) is 0 Å². The fourth-order valence-electron chi connectivity index (χ4n) is 0. The van der Waals surface area contributed by atoms with Crippen LogP contribution in [-0.4, -0.2) is 15.9 Å². The van der Waals surface area contributed by atoms with Crippen molar-refractivity contribution < 1.29 is 9.90 Å². The van der Waals surface area contributed by atoms with Crippen LogP contribution in [0, 0.1) is 0 Å². The smallest absolute Gasteiger partial charge is 0.337 e. The standard InChI is InChI=1S/C2H2Cl2O2.H3N/c3-1(4)2(5)6;/h1H,(H,5,6);1H3. The molecular weight excluding hydrogens is 141 g/mol. The number of alkyl halides is 2. The summed E-state index contributed by atoms with van der Waals surface area (Å²) in [4.78, 5) is 8.15. The van der Waals surface area contributed by atoms with E-state index in [1.54, 1.807) is 0 Å². The maximum Gasteiger partial charge on any atom is 0.337 e. The van der Waals surface area contributed by atoms with Gasteiger partial charge in [0.1, 0.15) is 0 Å². The Hall–Kier alpha value is 0.01000. The molecule has 0 fully saturated rings. The molecule has 0 atom stereocenters. The van der Waals surface area contributed by atoms with Crippen molar-refractivity contribution >= 4 is 29.2 Å². The van der Waals surface area contributed by atoms with Crippen LogP contribution >= 0.6 is 23.2 Å². The third-order valence-corrected chi connectivity index (χ3v) is 0.560. The summed E-state index contributed by atoms with van der Waals surface area (Å²) in [7, 11) is 0. The van der Waals surface area contributed by atoms with Crippen LogP contribution in [0.25, 0.3) is 0 Å². The zero-order valence-corrected chi connectivity index (χ0v) is 4.91. The van der Waals surface area contributed by atoms with E-state index in [1.807, 2.05) is 0 Å². The molecule has 0 radical (unpaired) electrons. The topological polar surface area (TPSA) is 72.3 Å². The van der Waals surface area contributed by atoms with Crippen molar-refractivity contribution in [3.8, 4) is 0 Å². The van der Waals surface area contributed by atoms with Crippen molar-refractivity contribution in [1.29, 1.82) is 0 Å². The molecule has 3 nitrogen and oxygen atoms in total. The predicted molar refractivity (Wildman–Crippen MR) is 28.2 cm³/mol. The minimum Gasteiger partial charge on any atom is -0.479 e. The van der Waals surface area contributed by atoms with Gasteiger partial charge in [0, 0.05) is 0 Å². The molecule has 0 aliphatic carbocycles. The lowest BCUT2D eigenvalue weighted by Crippen LogP contribution is -2.03. The van der Waals surface area contributed by atoms with E-state index in [9.17, 15) is 4.79 Å². The van der Waals surface area contributed by atoms with Gasteiger partial charge in [0.15, 0.2) is 0 Å². The van der Waals surface area contributed by atoms with Gasteiger partial charge in [-0.2, -0.15) is 0 Å². The van der Waals surface area contributed by atoms with Crippen LogP contribution in [0.15, 0.2) is 0 Å². The van der Waals surface area contributed by atoms with Gasteiger partial charge >= 0.3 is 5.97 Å². The minimum atomic E-state index is -1.29. The second-order valence-electron chi connectivity index (χ2n) is 0.639. The summed E-state index contributed by atoms with van der Waals surface area (Å²) >= 11 is 9.56. The monoisotopic (exact) mass is 145 g/mol. The zero-order valence-electron chi connectivity index (χ0n) is 3.40. The highest BCUT2D eigenvalue weighted by Crippen LogP contribution is 1.98. The summed E-state index contributed by atoms with van der Waals surface area (Å²) in [5, 5.41) is 7.73.